The van der Waals surface area contributed by atoms with Crippen molar-refractivity contribution < 1.29 is 24.2 Å². The van der Waals surface area contributed by atoms with Gasteiger partial charge in [0.15, 0.2) is 5.78 Å². The first kappa shape index (κ1) is 28.3. The number of Topliss-reactive ketones (excluding diaryl/α,β-unsaturated/α-hetero) is 1. The van der Waals surface area contributed by atoms with Gasteiger partial charge in [-0.25, -0.2) is 0 Å². The molecular weight excluding hydrogens is 533 g/mol. The van der Waals surface area contributed by atoms with Crippen molar-refractivity contribution in [3.8, 4) is 5.75 Å². The van der Waals surface area contributed by atoms with Gasteiger partial charge in [0, 0.05) is 23.5 Å². The lowest BCUT2D eigenvalue weighted by molar-refractivity contribution is -0.142. The van der Waals surface area contributed by atoms with E-state index in [0.29, 0.717) is 22.1 Å². The van der Waals surface area contributed by atoms with Crippen LogP contribution < -0.4 is 10.1 Å². The van der Waals surface area contributed by atoms with E-state index in [9.17, 15) is 19.5 Å². The van der Waals surface area contributed by atoms with Gasteiger partial charge in [0.05, 0.1) is 28.8 Å². The van der Waals surface area contributed by atoms with E-state index in [1.165, 1.54) is 31.0 Å². The molecular formula is C28H25Cl2NO5S. The summed E-state index contributed by atoms with van der Waals surface area (Å²) in [7, 11) is 1.48. The average molecular weight is 558 g/mol. The Kier molecular flexibility index (Phi) is 10.6. The molecule has 0 aromatic heterocycles. The SMILES string of the molecule is COc1cccc(C(=O)N/C(=C/c2ccc(Cl)c(Cl)c2)C(=O)C[C@@H](CSCc2ccccc2)C(=O)O)c1. The maximum Gasteiger partial charge on any atom is 0.307 e. The minimum atomic E-state index is -1.08. The molecule has 0 aliphatic heterocycles. The van der Waals surface area contributed by atoms with Gasteiger partial charge in [0.2, 0.25) is 0 Å². The Labute approximate surface area is 229 Å². The number of ketones is 1. The van der Waals surface area contributed by atoms with E-state index in [1.54, 1.807) is 36.4 Å². The standard InChI is InChI=1S/C28H25Cl2NO5S/c1-36-22-9-5-8-20(14-22)27(33)31-25(13-19-10-11-23(29)24(30)12-19)26(32)15-21(28(34)35)17-37-16-18-6-3-2-4-7-18/h2-14,21H,15-17H2,1H3,(H,31,33)(H,34,35)/b25-13+/t21-/m0/s1. The highest BCUT2D eigenvalue weighted by molar-refractivity contribution is 7.98. The number of carboxylic acids is 1. The topological polar surface area (TPSA) is 92.7 Å². The molecule has 0 heterocycles. The highest BCUT2D eigenvalue weighted by Gasteiger charge is 2.24. The number of carbonyl (C=O) groups is 3. The van der Waals surface area contributed by atoms with Gasteiger partial charge >= 0.3 is 5.97 Å². The lowest BCUT2D eigenvalue weighted by Gasteiger charge is -2.15. The van der Waals surface area contributed by atoms with Crippen LogP contribution in [0.3, 0.4) is 0 Å². The third-order valence-corrected chi connectivity index (χ3v) is 7.26. The quantitative estimate of drug-likeness (QED) is 0.251. The van der Waals surface area contributed by atoms with Gasteiger partial charge < -0.3 is 15.2 Å². The molecule has 0 radical (unpaired) electrons. The first-order valence-electron chi connectivity index (χ1n) is 11.3. The fraction of sp³-hybridized carbons (Fsp3) is 0.179. The van der Waals surface area contributed by atoms with Crippen molar-refractivity contribution in [3.05, 3.63) is 105 Å². The molecule has 6 nitrogen and oxygen atoms in total. The first-order valence-corrected chi connectivity index (χ1v) is 13.2. The number of thioether (sulfide) groups is 1. The number of carboxylic acid groups (broad SMARTS) is 1. The van der Waals surface area contributed by atoms with Crippen LogP contribution in [0.4, 0.5) is 0 Å². The van der Waals surface area contributed by atoms with Crippen LogP contribution >= 0.6 is 35.0 Å². The van der Waals surface area contributed by atoms with Gasteiger partial charge in [-0.1, -0.05) is 65.7 Å². The van der Waals surface area contributed by atoms with Crippen molar-refractivity contribution in [3.63, 3.8) is 0 Å². The van der Waals surface area contributed by atoms with Crippen LogP contribution in [0.15, 0.2) is 78.5 Å². The number of methoxy groups -OCH3 is 1. The monoisotopic (exact) mass is 557 g/mol. The summed E-state index contributed by atoms with van der Waals surface area (Å²) in [6.07, 6.45) is 1.17. The molecule has 0 fully saturated rings. The molecule has 9 heteroatoms. The van der Waals surface area contributed by atoms with Crippen molar-refractivity contribution in [2.75, 3.05) is 12.9 Å². The number of aliphatic carboxylic acids is 1. The van der Waals surface area contributed by atoms with Gasteiger partial charge in [-0.3, -0.25) is 14.4 Å². The zero-order valence-electron chi connectivity index (χ0n) is 19.9. The summed E-state index contributed by atoms with van der Waals surface area (Å²) in [5.74, 6) is -1.74. The number of amides is 1. The Bertz CT molecular complexity index is 1300. The second-order valence-electron chi connectivity index (χ2n) is 8.08. The number of benzene rings is 3. The van der Waals surface area contributed by atoms with E-state index < -0.39 is 23.6 Å². The third kappa shape index (κ3) is 8.67. The Morgan fingerprint density at radius 2 is 1.76 bits per heavy atom. The van der Waals surface area contributed by atoms with Crippen LogP contribution in [0.25, 0.3) is 6.08 Å². The number of carbonyl (C=O) groups excluding carboxylic acids is 2. The minimum Gasteiger partial charge on any atom is -0.497 e. The van der Waals surface area contributed by atoms with Crippen molar-refractivity contribution in [2.45, 2.75) is 12.2 Å². The van der Waals surface area contributed by atoms with Crippen molar-refractivity contribution >= 4 is 58.7 Å². The summed E-state index contributed by atoms with van der Waals surface area (Å²) >= 11 is 13.6. The van der Waals surface area contributed by atoms with E-state index in [4.69, 9.17) is 27.9 Å². The second kappa shape index (κ2) is 13.9. The van der Waals surface area contributed by atoms with Crippen LogP contribution in [0.5, 0.6) is 5.75 Å². The van der Waals surface area contributed by atoms with Crippen LogP contribution in [0.2, 0.25) is 10.0 Å². The van der Waals surface area contributed by atoms with Crippen molar-refractivity contribution in [1.82, 2.24) is 5.32 Å². The normalized spacial score (nSPS) is 12.0. The first-order chi connectivity index (χ1) is 17.8. The summed E-state index contributed by atoms with van der Waals surface area (Å²) < 4.78 is 5.17. The zero-order chi connectivity index (χ0) is 26.8. The molecule has 2 N–H and O–H groups in total. The van der Waals surface area contributed by atoms with Gasteiger partial charge in [-0.05, 0) is 47.5 Å². The van der Waals surface area contributed by atoms with Crippen LogP contribution in [-0.2, 0) is 15.3 Å². The molecule has 0 aliphatic rings. The van der Waals surface area contributed by atoms with Crippen molar-refractivity contribution in [2.24, 2.45) is 5.92 Å². The Balaban J connectivity index is 1.80. The molecule has 3 rings (SSSR count). The fourth-order valence-electron chi connectivity index (χ4n) is 3.36. The number of halogens is 2. The van der Waals surface area contributed by atoms with Gasteiger partial charge in [-0.15, -0.1) is 0 Å². The lowest BCUT2D eigenvalue weighted by Crippen LogP contribution is -2.30. The van der Waals surface area contributed by atoms with Gasteiger partial charge in [0.25, 0.3) is 5.91 Å². The molecule has 192 valence electrons. The smallest absolute Gasteiger partial charge is 0.307 e. The average Bonchev–Trinajstić information content (AvgIpc) is 2.90. The molecule has 1 amide bonds. The second-order valence-corrected chi connectivity index (χ2v) is 9.93. The molecule has 0 aliphatic carbocycles. The summed E-state index contributed by atoms with van der Waals surface area (Å²) in [4.78, 5) is 38.2. The molecule has 3 aromatic carbocycles. The molecule has 3 aromatic rings. The Morgan fingerprint density at radius 1 is 1.00 bits per heavy atom. The number of hydrogen-bond donors (Lipinski definition) is 2. The minimum absolute atomic E-state index is 0.0504. The molecule has 1 atom stereocenters. The van der Waals surface area contributed by atoms with Crippen LogP contribution in [0.1, 0.15) is 27.9 Å². The molecule has 0 bridgehead atoms. The summed E-state index contributed by atoms with van der Waals surface area (Å²) in [6, 6.07) is 20.9. The Morgan fingerprint density at radius 3 is 2.43 bits per heavy atom. The van der Waals surface area contributed by atoms with E-state index in [0.717, 1.165) is 5.56 Å². The largest absolute Gasteiger partial charge is 0.497 e. The van der Waals surface area contributed by atoms with E-state index in [2.05, 4.69) is 5.32 Å². The van der Waals surface area contributed by atoms with E-state index >= 15 is 0 Å². The predicted molar refractivity (Wildman–Crippen MR) is 148 cm³/mol. The van der Waals surface area contributed by atoms with E-state index in [1.807, 2.05) is 30.3 Å². The lowest BCUT2D eigenvalue weighted by atomic mass is 10.0. The van der Waals surface area contributed by atoms with Crippen LogP contribution in [0, 0.1) is 5.92 Å². The van der Waals surface area contributed by atoms with E-state index in [-0.39, 0.29) is 28.5 Å². The molecule has 0 spiro atoms. The van der Waals surface area contributed by atoms with Crippen molar-refractivity contribution in [1.29, 1.82) is 0 Å². The number of allylic oxidation sites excluding steroid dienone is 1. The predicted octanol–water partition coefficient (Wildman–Crippen LogP) is 6.37. The van der Waals surface area contributed by atoms with Gasteiger partial charge in [-0.2, -0.15) is 11.8 Å². The van der Waals surface area contributed by atoms with Crippen LogP contribution in [-0.4, -0.2) is 35.6 Å². The summed E-state index contributed by atoms with van der Waals surface area (Å²) in [5, 5.41) is 13.0. The third-order valence-electron chi connectivity index (χ3n) is 5.35. The Hall–Kier alpha value is -3.26. The number of hydrogen-bond acceptors (Lipinski definition) is 5. The molecule has 0 saturated heterocycles. The summed E-state index contributed by atoms with van der Waals surface area (Å²) in [5.41, 5.74) is 1.81. The molecule has 0 saturated carbocycles. The highest BCUT2D eigenvalue weighted by atomic mass is 35.5. The number of rotatable bonds is 12. The summed E-state index contributed by atoms with van der Waals surface area (Å²) in [6.45, 7) is 0. The highest BCUT2D eigenvalue weighted by Crippen LogP contribution is 2.25. The number of nitrogens with one attached hydrogen (secondary N) is 1. The molecule has 0 unspecified atom stereocenters. The molecule has 37 heavy (non-hydrogen) atoms. The maximum atomic E-state index is 13.3. The fourth-order valence-corrected chi connectivity index (χ4v) is 4.76. The zero-order valence-corrected chi connectivity index (χ0v) is 22.3. The number of ether oxygens (including phenoxy) is 1. The van der Waals surface area contributed by atoms with Gasteiger partial charge in [0.1, 0.15) is 5.75 Å². The maximum absolute atomic E-state index is 13.3.